The highest BCUT2D eigenvalue weighted by Crippen LogP contribution is 2.32. The smallest absolute Gasteiger partial charge is 0.0533 e. The molecule has 5 aromatic rings. The van der Waals surface area contributed by atoms with E-state index in [9.17, 15) is 0 Å². The molecule has 2 nitrogen and oxygen atoms in total. The first-order chi connectivity index (χ1) is 9.90. The van der Waals surface area contributed by atoms with E-state index >= 15 is 0 Å². The fourth-order valence-corrected chi connectivity index (χ4v) is 3.20. The topological polar surface area (TPSA) is 31.6 Å². The van der Waals surface area contributed by atoms with E-state index in [2.05, 4.69) is 64.6 Å². The lowest BCUT2D eigenvalue weighted by molar-refractivity contribution is 1.49. The molecule has 3 aromatic carbocycles. The van der Waals surface area contributed by atoms with Crippen molar-refractivity contribution in [3.8, 4) is 0 Å². The van der Waals surface area contributed by atoms with Gasteiger partial charge in [-0.2, -0.15) is 0 Å². The van der Waals surface area contributed by atoms with Crippen LogP contribution in [-0.4, -0.2) is 9.97 Å². The first-order valence-electron chi connectivity index (χ1n) is 6.80. The van der Waals surface area contributed by atoms with E-state index in [-0.39, 0.29) is 0 Å². The highest BCUT2D eigenvalue weighted by molar-refractivity contribution is 6.16. The number of fused-ring (bicyclic) bond motifs is 6. The summed E-state index contributed by atoms with van der Waals surface area (Å²) >= 11 is 0. The summed E-state index contributed by atoms with van der Waals surface area (Å²) in [7, 11) is 0. The molecular formula is C18H12N2. The van der Waals surface area contributed by atoms with Crippen LogP contribution >= 0.6 is 0 Å². The molecule has 0 aliphatic rings. The SMILES string of the molecule is c1ccc2c(c1)[nH]c1cc3ccc4cc[nH]c4c3cc12. The maximum Gasteiger partial charge on any atom is 0.0533 e. The number of nitrogens with one attached hydrogen (secondary N) is 2. The second kappa shape index (κ2) is 3.42. The molecule has 5 rings (SSSR count). The summed E-state index contributed by atoms with van der Waals surface area (Å²) < 4.78 is 0. The molecule has 94 valence electrons. The molecule has 0 saturated heterocycles. The Morgan fingerprint density at radius 2 is 1.55 bits per heavy atom. The molecular weight excluding hydrogens is 244 g/mol. The highest BCUT2D eigenvalue weighted by Gasteiger charge is 2.07. The van der Waals surface area contributed by atoms with Gasteiger partial charge in [0.1, 0.15) is 0 Å². The van der Waals surface area contributed by atoms with Crippen LogP contribution in [0.5, 0.6) is 0 Å². The number of hydrogen-bond donors (Lipinski definition) is 2. The van der Waals surface area contributed by atoms with Crippen molar-refractivity contribution in [1.29, 1.82) is 0 Å². The Bertz CT molecular complexity index is 1100. The average molecular weight is 256 g/mol. The van der Waals surface area contributed by atoms with Gasteiger partial charge in [-0.1, -0.05) is 30.3 Å². The van der Waals surface area contributed by atoms with Crippen LogP contribution in [0.15, 0.2) is 60.8 Å². The van der Waals surface area contributed by atoms with Crippen LogP contribution in [-0.2, 0) is 0 Å². The number of hydrogen-bond acceptors (Lipinski definition) is 0. The van der Waals surface area contributed by atoms with Gasteiger partial charge < -0.3 is 9.97 Å². The Hall–Kier alpha value is -2.74. The van der Waals surface area contributed by atoms with Gasteiger partial charge in [0.25, 0.3) is 0 Å². The predicted octanol–water partition coefficient (Wildman–Crippen LogP) is 4.96. The van der Waals surface area contributed by atoms with Crippen LogP contribution in [0.1, 0.15) is 0 Å². The summed E-state index contributed by atoms with van der Waals surface area (Å²) in [6.45, 7) is 0. The third-order valence-corrected chi connectivity index (χ3v) is 4.17. The molecule has 0 aliphatic carbocycles. The maximum atomic E-state index is 3.50. The molecule has 0 saturated carbocycles. The van der Waals surface area contributed by atoms with Crippen LogP contribution in [0.4, 0.5) is 0 Å². The lowest BCUT2D eigenvalue weighted by Crippen LogP contribution is -1.77. The number of aromatic amines is 2. The lowest BCUT2D eigenvalue weighted by Gasteiger charge is -2.01. The number of rotatable bonds is 0. The van der Waals surface area contributed by atoms with Crippen LogP contribution in [0.2, 0.25) is 0 Å². The number of H-pyrrole nitrogens is 2. The van der Waals surface area contributed by atoms with Crippen molar-refractivity contribution in [2.24, 2.45) is 0 Å². The molecule has 2 aromatic heterocycles. The molecule has 0 unspecified atom stereocenters. The molecule has 2 heteroatoms. The summed E-state index contributed by atoms with van der Waals surface area (Å²) in [5, 5.41) is 6.38. The van der Waals surface area contributed by atoms with Gasteiger partial charge in [-0.05, 0) is 29.7 Å². The van der Waals surface area contributed by atoms with E-state index in [1.165, 1.54) is 43.5 Å². The van der Waals surface area contributed by atoms with Gasteiger partial charge in [-0.3, -0.25) is 0 Å². The zero-order valence-electron chi connectivity index (χ0n) is 10.8. The van der Waals surface area contributed by atoms with E-state index in [4.69, 9.17) is 0 Å². The van der Waals surface area contributed by atoms with Crippen LogP contribution in [0.3, 0.4) is 0 Å². The van der Waals surface area contributed by atoms with Gasteiger partial charge in [0.15, 0.2) is 0 Å². The van der Waals surface area contributed by atoms with E-state index < -0.39 is 0 Å². The largest absolute Gasteiger partial charge is 0.361 e. The van der Waals surface area contributed by atoms with Gasteiger partial charge >= 0.3 is 0 Å². The average Bonchev–Trinajstić information content (AvgIpc) is 3.09. The minimum absolute atomic E-state index is 1.19. The minimum atomic E-state index is 1.19. The second-order valence-corrected chi connectivity index (χ2v) is 5.30. The Kier molecular flexibility index (Phi) is 1.73. The number of aromatic nitrogens is 2. The molecule has 20 heavy (non-hydrogen) atoms. The van der Waals surface area contributed by atoms with Crippen molar-refractivity contribution < 1.29 is 0 Å². The Labute approximate surface area is 115 Å². The monoisotopic (exact) mass is 256 g/mol. The van der Waals surface area contributed by atoms with Gasteiger partial charge in [0, 0.05) is 38.8 Å². The highest BCUT2D eigenvalue weighted by atomic mass is 14.7. The van der Waals surface area contributed by atoms with E-state index in [0.29, 0.717) is 0 Å². The van der Waals surface area contributed by atoms with Crippen molar-refractivity contribution in [1.82, 2.24) is 9.97 Å². The zero-order chi connectivity index (χ0) is 13.1. The first kappa shape index (κ1) is 10.1. The third kappa shape index (κ3) is 1.18. The summed E-state index contributed by atoms with van der Waals surface area (Å²) in [5.74, 6) is 0. The van der Waals surface area contributed by atoms with Gasteiger partial charge in [-0.25, -0.2) is 0 Å². The van der Waals surface area contributed by atoms with Crippen molar-refractivity contribution in [2.75, 3.05) is 0 Å². The Balaban J connectivity index is 2.08. The quantitative estimate of drug-likeness (QED) is 0.392. The second-order valence-electron chi connectivity index (χ2n) is 5.30. The molecule has 0 fully saturated rings. The fraction of sp³-hybridized carbons (Fsp3) is 0. The number of para-hydroxylation sites is 1. The normalized spacial score (nSPS) is 12.0. The number of benzene rings is 3. The molecule has 0 atom stereocenters. The molecule has 0 amide bonds. The maximum absolute atomic E-state index is 3.50. The van der Waals surface area contributed by atoms with E-state index in [1.807, 2.05) is 6.20 Å². The predicted molar refractivity (Wildman–Crippen MR) is 85.2 cm³/mol. The van der Waals surface area contributed by atoms with Gasteiger partial charge in [0.2, 0.25) is 0 Å². The molecule has 0 bridgehead atoms. The summed E-state index contributed by atoms with van der Waals surface area (Å²) in [4.78, 5) is 6.86. The van der Waals surface area contributed by atoms with Crippen molar-refractivity contribution in [3.05, 3.63) is 60.8 Å². The van der Waals surface area contributed by atoms with Crippen LogP contribution < -0.4 is 0 Å². The first-order valence-corrected chi connectivity index (χ1v) is 6.80. The lowest BCUT2D eigenvalue weighted by atomic mass is 10.0. The summed E-state index contributed by atoms with van der Waals surface area (Å²) in [6.07, 6.45) is 2.00. The van der Waals surface area contributed by atoms with Crippen molar-refractivity contribution in [2.45, 2.75) is 0 Å². The van der Waals surface area contributed by atoms with Crippen molar-refractivity contribution >= 4 is 43.5 Å². The molecule has 0 aliphatic heterocycles. The van der Waals surface area contributed by atoms with Gasteiger partial charge in [0.05, 0.1) is 5.52 Å². The molecule has 0 spiro atoms. The standard InChI is InChI=1S/C18H12N2/c1-2-4-16-13(3-1)15-10-14-12(9-17(15)20-16)6-5-11-7-8-19-18(11)14/h1-10,19-20H. The summed E-state index contributed by atoms with van der Waals surface area (Å²) in [6, 6.07) is 19.5. The van der Waals surface area contributed by atoms with E-state index in [1.54, 1.807) is 0 Å². The van der Waals surface area contributed by atoms with Crippen LogP contribution in [0.25, 0.3) is 43.5 Å². The Morgan fingerprint density at radius 1 is 0.650 bits per heavy atom. The summed E-state index contributed by atoms with van der Waals surface area (Å²) in [5.41, 5.74) is 3.61. The minimum Gasteiger partial charge on any atom is -0.361 e. The zero-order valence-corrected chi connectivity index (χ0v) is 10.8. The molecule has 0 radical (unpaired) electrons. The van der Waals surface area contributed by atoms with Crippen molar-refractivity contribution in [3.63, 3.8) is 0 Å². The Morgan fingerprint density at radius 3 is 2.55 bits per heavy atom. The van der Waals surface area contributed by atoms with Gasteiger partial charge in [-0.15, -0.1) is 0 Å². The van der Waals surface area contributed by atoms with Crippen LogP contribution in [0, 0.1) is 0 Å². The molecule has 2 heterocycles. The fourth-order valence-electron chi connectivity index (χ4n) is 3.20. The third-order valence-electron chi connectivity index (χ3n) is 4.17. The van der Waals surface area contributed by atoms with E-state index in [0.717, 1.165) is 0 Å². The molecule has 2 N–H and O–H groups in total.